The number of anilines is 2. The predicted molar refractivity (Wildman–Crippen MR) is 80.0 cm³/mol. The number of carbonyl (C=O) groups is 1. The molecule has 0 spiro atoms. The van der Waals surface area contributed by atoms with Gasteiger partial charge in [0.15, 0.2) is 0 Å². The van der Waals surface area contributed by atoms with E-state index in [-0.39, 0.29) is 12.1 Å². The second-order valence-electron chi connectivity index (χ2n) is 5.74. The molecule has 2 fully saturated rings. The predicted octanol–water partition coefficient (Wildman–Crippen LogP) is 1.19. The molecule has 0 radical (unpaired) electrons. The number of amides is 2. The van der Waals surface area contributed by atoms with Crippen molar-refractivity contribution in [3.8, 4) is 0 Å². The molecule has 4 heterocycles. The minimum Gasteiger partial charge on any atom is -0.432 e. The minimum atomic E-state index is 0.0346. The van der Waals surface area contributed by atoms with E-state index in [0.29, 0.717) is 12.6 Å². The lowest BCUT2D eigenvalue weighted by molar-refractivity contribution is 0.229. The number of hydrogen-bond acceptors (Lipinski definition) is 5. The van der Waals surface area contributed by atoms with Crippen molar-refractivity contribution in [2.24, 2.45) is 0 Å². The molecule has 0 aromatic carbocycles. The van der Waals surface area contributed by atoms with Gasteiger partial charge in [-0.25, -0.2) is 9.78 Å². The zero-order chi connectivity index (χ0) is 15.1. The number of rotatable bonds is 3. The van der Waals surface area contributed by atoms with Gasteiger partial charge < -0.3 is 14.2 Å². The van der Waals surface area contributed by atoms with Crippen LogP contribution in [0, 0.1) is 0 Å². The van der Waals surface area contributed by atoms with Crippen molar-refractivity contribution in [1.29, 1.82) is 0 Å². The molecule has 0 aliphatic carbocycles. The van der Waals surface area contributed by atoms with Gasteiger partial charge in [0.25, 0.3) is 6.01 Å². The van der Waals surface area contributed by atoms with Crippen LogP contribution in [0.2, 0.25) is 0 Å². The lowest BCUT2D eigenvalue weighted by Gasteiger charge is -2.15. The fourth-order valence-electron chi connectivity index (χ4n) is 3.06. The molecule has 8 heteroatoms. The normalized spacial score (nSPS) is 22.1. The van der Waals surface area contributed by atoms with E-state index >= 15 is 0 Å². The van der Waals surface area contributed by atoms with E-state index in [4.69, 9.17) is 4.42 Å². The van der Waals surface area contributed by atoms with Gasteiger partial charge >= 0.3 is 6.03 Å². The van der Waals surface area contributed by atoms with Crippen molar-refractivity contribution >= 4 is 17.7 Å². The van der Waals surface area contributed by atoms with E-state index in [1.807, 2.05) is 17.9 Å². The van der Waals surface area contributed by atoms with Gasteiger partial charge in [0.1, 0.15) is 6.26 Å². The van der Waals surface area contributed by atoms with Crippen LogP contribution < -0.4 is 9.80 Å². The van der Waals surface area contributed by atoms with E-state index in [1.54, 1.807) is 28.5 Å². The summed E-state index contributed by atoms with van der Waals surface area (Å²) in [6, 6.07) is 0.967. The topological polar surface area (TPSA) is 70.6 Å². The quantitative estimate of drug-likeness (QED) is 0.852. The summed E-state index contributed by atoms with van der Waals surface area (Å²) in [5.74, 6) is 0. The van der Waals surface area contributed by atoms with Crippen LogP contribution in [-0.4, -0.2) is 58.9 Å². The Morgan fingerprint density at radius 2 is 2.23 bits per heavy atom. The van der Waals surface area contributed by atoms with Crippen molar-refractivity contribution in [2.75, 3.05) is 43.0 Å². The monoisotopic (exact) mass is 302 g/mol. The van der Waals surface area contributed by atoms with E-state index in [0.717, 1.165) is 31.7 Å². The number of aromatic nitrogens is 3. The third-order valence-corrected chi connectivity index (χ3v) is 4.34. The van der Waals surface area contributed by atoms with E-state index in [2.05, 4.69) is 15.0 Å². The van der Waals surface area contributed by atoms with Crippen molar-refractivity contribution in [3.63, 3.8) is 0 Å². The Labute approximate surface area is 127 Å². The highest BCUT2D eigenvalue weighted by Crippen LogP contribution is 2.27. The maximum absolute atomic E-state index is 12.0. The Morgan fingerprint density at radius 3 is 2.95 bits per heavy atom. The summed E-state index contributed by atoms with van der Waals surface area (Å²) in [6.07, 6.45) is 7.96. The second-order valence-corrected chi connectivity index (χ2v) is 5.74. The van der Waals surface area contributed by atoms with Gasteiger partial charge in [0.2, 0.25) is 0 Å². The van der Waals surface area contributed by atoms with Crippen LogP contribution in [0.1, 0.15) is 12.5 Å². The average molecular weight is 302 g/mol. The molecule has 1 atom stereocenters. The Bertz CT molecular complexity index is 667. The zero-order valence-electron chi connectivity index (χ0n) is 12.4. The Hall–Kier alpha value is -2.51. The van der Waals surface area contributed by atoms with Crippen molar-refractivity contribution < 1.29 is 9.21 Å². The van der Waals surface area contributed by atoms with Gasteiger partial charge in [-0.2, -0.15) is 5.10 Å². The number of hydrogen-bond donors (Lipinski definition) is 0. The number of nitrogens with zero attached hydrogens (tertiary/aromatic N) is 6. The first-order valence-corrected chi connectivity index (χ1v) is 7.43. The van der Waals surface area contributed by atoms with Gasteiger partial charge in [-0.05, 0) is 6.42 Å². The molecule has 1 unspecified atom stereocenters. The number of urea groups is 1. The average Bonchev–Trinajstić information content (AvgIpc) is 3.25. The molecule has 0 saturated carbocycles. The van der Waals surface area contributed by atoms with Crippen LogP contribution in [0.4, 0.5) is 16.5 Å². The first-order chi connectivity index (χ1) is 10.7. The molecule has 2 aliphatic rings. The molecule has 2 aromatic rings. The number of oxazole rings is 1. The van der Waals surface area contributed by atoms with Crippen LogP contribution in [0.5, 0.6) is 0 Å². The van der Waals surface area contributed by atoms with Crippen molar-refractivity contribution in [2.45, 2.75) is 12.5 Å². The molecule has 2 amide bonds. The molecular weight excluding hydrogens is 284 g/mol. The molecule has 8 nitrogen and oxygen atoms in total. The molecule has 0 bridgehead atoms. The van der Waals surface area contributed by atoms with E-state index in [1.165, 1.54) is 0 Å². The first kappa shape index (κ1) is 13.2. The Balaban J connectivity index is 1.47. The SMILES string of the molecule is CN1CCN(c2cnn(C3CCN(c4ncco4)C3)c2)C1=O. The minimum absolute atomic E-state index is 0.0346. The van der Waals surface area contributed by atoms with Crippen LogP contribution in [-0.2, 0) is 0 Å². The van der Waals surface area contributed by atoms with Gasteiger partial charge in [-0.15, -0.1) is 0 Å². The van der Waals surface area contributed by atoms with Crippen molar-refractivity contribution in [3.05, 3.63) is 24.9 Å². The summed E-state index contributed by atoms with van der Waals surface area (Å²) in [5.41, 5.74) is 0.865. The standard InChI is InChI=1S/C14H18N6O2/c1-17-5-6-19(14(17)21)12-8-16-20(10-12)11-2-4-18(9-11)13-15-3-7-22-13/h3,7-8,10-11H,2,4-6,9H2,1H3. The molecule has 0 N–H and O–H groups in total. The van der Waals surface area contributed by atoms with Crippen LogP contribution in [0.25, 0.3) is 0 Å². The summed E-state index contributed by atoms with van der Waals surface area (Å²) >= 11 is 0. The van der Waals surface area contributed by atoms with Gasteiger partial charge in [0, 0.05) is 39.4 Å². The van der Waals surface area contributed by atoms with E-state index < -0.39 is 0 Å². The lowest BCUT2D eigenvalue weighted by atomic mass is 10.3. The third kappa shape index (κ3) is 2.11. The highest BCUT2D eigenvalue weighted by atomic mass is 16.4. The van der Waals surface area contributed by atoms with E-state index in [9.17, 15) is 4.79 Å². The maximum atomic E-state index is 12.0. The molecule has 22 heavy (non-hydrogen) atoms. The highest BCUT2D eigenvalue weighted by Gasteiger charge is 2.30. The summed E-state index contributed by atoms with van der Waals surface area (Å²) in [4.78, 5) is 21.8. The second kappa shape index (κ2) is 5.04. The maximum Gasteiger partial charge on any atom is 0.324 e. The summed E-state index contributed by atoms with van der Waals surface area (Å²) in [6.45, 7) is 3.18. The lowest BCUT2D eigenvalue weighted by Crippen LogP contribution is -2.28. The summed E-state index contributed by atoms with van der Waals surface area (Å²) < 4.78 is 7.29. The van der Waals surface area contributed by atoms with Crippen molar-refractivity contribution in [1.82, 2.24) is 19.7 Å². The fourth-order valence-corrected chi connectivity index (χ4v) is 3.06. The number of carbonyl (C=O) groups excluding carboxylic acids is 1. The van der Waals surface area contributed by atoms with Crippen LogP contribution in [0.3, 0.4) is 0 Å². The van der Waals surface area contributed by atoms with Crippen LogP contribution in [0.15, 0.2) is 29.3 Å². The molecule has 2 aromatic heterocycles. The number of likely N-dealkylation sites (N-methyl/N-ethyl adjacent to an activating group) is 1. The molecule has 116 valence electrons. The fraction of sp³-hybridized carbons (Fsp3) is 0.500. The van der Waals surface area contributed by atoms with Gasteiger partial charge in [-0.1, -0.05) is 0 Å². The zero-order valence-corrected chi connectivity index (χ0v) is 12.4. The molecule has 2 aliphatic heterocycles. The largest absolute Gasteiger partial charge is 0.432 e. The first-order valence-electron chi connectivity index (χ1n) is 7.43. The summed E-state index contributed by atoms with van der Waals surface area (Å²) in [7, 11) is 1.82. The molecular formula is C14H18N6O2. The smallest absolute Gasteiger partial charge is 0.324 e. The third-order valence-electron chi connectivity index (χ3n) is 4.34. The summed E-state index contributed by atoms with van der Waals surface area (Å²) in [5, 5.41) is 4.44. The molecule has 4 rings (SSSR count). The highest BCUT2D eigenvalue weighted by molar-refractivity contribution is 5.93. The Kier molecular flexibility index (Phi) is 3.02. The van der Waals surface area contributed by atoms with Gasteiger partial charge in [0.05, 0.1) is 24.1 Å². The molecule has 2 saturated heterocycles. The Morgan fingerprint density at radius 1 is 1.32 bits per heavy atom. The van der Waals surface area contributed by atoms with Crippen LogP contribution >= 0.6 is 0 Å². The van der Waals surface area contributed by atoms with Gasteiger partial charge in [-0.3, -0.25) is 9.58 Å².